The zero-order valence-corrected chi connectivity index (χ0v) is 12.4. The van der Waals surface area contributed by atoms with Crippen molar-refractivity contribution in [1.82, 2.24) is 0 Å². The molecule has 3 nitrogen and oxygen atoms in total. The van der Waals surface area contributed by atoms with Crippen molar-refractivity contribution in [3.63, 3.8) is 0 Å². The molecule has 2 rings (SSSR count). The van der Waals surface area contributed by atoms with Gasteiger partial charge in [0.1, 0.15) is 17.3 Å². The Labute approximate surface area is 129 Å². The Balaban J connectivity index is 2.13. The number of carbonyl (C=O) groups excluding carboxylic acids is 1. The van der Waals surface area contributed by atoms with Crippen LogP contribution in [0.3, 0.4) is 0 Å². The molecule has 0 radical (unpaired) electrons. The van der Waals surface area contributed by atoms with E-state index in [2.05, 4.69) is 26.6 Å². The summed E-state index contributed by atoms with van der Waals surface area (Å²) in [7, 11) is 0. The molecular formula is C16H10BrFO3. The first kappa shape index (κ1) is 15.1. The smallest absolute Gasteiger partial charge is 0.331 e. The molecule has 1 aromatic carbocycles. The number of hydrogen-bond donors (Lipinski definition) is 0. The molecule has 0 aliphatic carbocycles. The number of carbonyl (C=O) groups is 1. The van der Waals surface area contributed by atoms with Crippen LogP contribution in [0.15, 0.2) is 45.3 Å². The minimum Gasteiger partial charge on any atom is -0.457 e. The number of esters is 1. The summed E-state index contributed by atoms with van der Waals surface area (Å²) in [4.78, 5) is 11.2. The van der Waals surface area contributed by atoms with Gasteiger partial charge in [0.15, 0.2) is 6.61 Å². The molecule has 1 aromatic heterocycles. The van der Waals surface area contributed by atoms with E-state index in [1.165, 1.54) is 24.3 Å². The lowest BCUT2D eigenvalue weighted by atomic mass is 10.2. The molecule has 0 N–H and O–H groups in total. The number of furan rings is 1. The van der Waals surface area contributed by atoms with Crippen molar-refractivity contribution in [3.8, 4) is 23.7 Å². The van der Waals surface area contributed by atoms with Crippen LogP contribution < -0.4 is 0 Å². The van der Waals surface area contributed by atoms with Crippen LogP contribution in [0.2, 0.25) is 0 Å². The van der Waals surface area contributed by atoms with Crippen LogP contribution in [0.5, 0.6) is 0 Å². The Bertz CT molecular complexity index is 725. The summed E-state index contributed by atoms with van der Waals surface area (Å²) in [5.41, 5.74) is 0.714. The highest BCUT2D eigenvalue weighted by Crippen LogP contribution is 2.30. The van der Waals surface area contributed by atoms with Gasteiger partial charge >= 0.3 is 5.97 Å². The molecule has 2 aromatic rings. The average Bonchev–Trinajstić information content (AvgIpc) is 2.91. The molecular weight excluding hydrogens is 339 g/mol. The number of hydrogen-bond acceptors (Lipinski definition) is 3. The third-order valence-electron chi connectivity index (χ3n) is 2.50. The van der Waals surface area contributed by atoms with Crippen LogP contribution in [0.25, 0.3) is 17.4 Å². The lowest BCUT2D eigenvalue weighted by molar-refractivity contribution is -0.136. The largest absolute Gasteiger partial charge is 0.457 e. The average molecular weight is 349 g/mol. The lowest BCUT2D eigenvalue weighted by Gasteiger charge is -2.00. The van der Waals surface area contributed by atoms with E-state index in [4.69, 9.17) is 10.8 Å². The Morgan fingerprint density at radius 3 is 2.95 bits per heavy atom. The van der Waals surface area contributed by atoms with Crippen LogP contribution in [0, 0.1) is 18.2 Å². The van der Waals surface area contributed by atoms with E-state index < -0.39 is 5.97 Å². The highest BCUT2D eigenvalue weighted by molar-refractivity contribution is 9.10. The fourth-order valence-corrected chi connectivity index (χ4v) is 2.13. The fourth-order valence-electron chi connectivity index (χ4n) is 1.59. The zero-order valence-electron chi connectivity index (χ0n) is 10.8. The minimum absolute atomic E-state index is 0.0743. The van der Waals surface area contributed by atoms with Crippen LogP contribution in [-0.4, -0.2) is 12.6 Å². The van der Waals surface area contributed by atoms with Gasteiger partial charge in [-0.25, -0.2) is 9.18 Å². The maximum absolute atomic E-state index is 13.0. The van der Waals surface area contributed by atoms with Crippen LogP contribution in [0.4, 0.5) is 4.39 Å². The quantitative estimate of drug-likeness (QED) is 0.475. The van der Waals surface area contributed by atoms with Gasteiger partial charge in [-0.2, -0.15) is 0 Å². The molecule has 0 aliphatic heterocycles. The zero-order chi connectivity index (χ0) is 15.2. The standard InChI is InChI=1S/C16H10BrFO3/c1-2-9-20-16(19)8-5-12-4-7-15(21-12)13-6-3-11(18)10-14(13)17/h1,3-8,10H,9H2/b8-5+. The van der Waals surface area contributed by atoms with Gasteiger partial charge in [0, 0.05) is 16.1 Å². The van der Waals surface area contributed by atoms with Gasteiger partial charge < -0.3 is 9.15 Å². The van der Waals surface area contributed by atoms with Crippen molar-refractivity contribution in [2.75, 3.05) is 6.61 Å². The van der Waals surface area contributed by atoms with Gasteiger partial charge in [0.05, 0.1) is 0 Å². The van der Waals surface area contributed by atoms with Gasteiger partial charge in [-0.3, -0.25) is 0 Å². The van der Waals surface area contributed by atoms with Crippen molar-refractivity contribution >= 4 is 28.0 Å². The summed E-state index contributed by atoms with van der Waals surface area (Å²) in [6, 6.07) is 7.72. The molecule has 0 saturated heterocycles. The molecule has 0 aliphatic rings. The Hall–Kier alpha value is -2.32. The molecule has 0 spiro atoms. The third-order valence-corrected chi connectivity index (χ3v) is 3.16. The second-order valence-corrected chi connectivity index (χ2v) is 4.83. The maximum atomic E-state index is 13.0. The summed E-state index contributed by atoms with van der Waals surface area (Å²) in [5, 5.41) is 0. The molecule has 0 bridgehead atoms. The second kappa shape index (κ2) is 6.91. The maximum Gasteiger partial charge on any atom is 0.331 e. The van der Waals surface area contributed by atoms with Gasteiger partial charge in [-0.15, -0.1) is 6.42 Å². The van der Waals surface area contributed by atoms with E-state index in [0.717, 1.165) is 0 Å². The topological polar surface area (TPSA) is 39.4 Å². The van der Waals surface area contributed by atoms with E-state index in [1.54, 1.807) is 18.2 Å². The highest BCUT2D eigenvalue weighted by atomic mass is 79.9. The van der Waals surface area contributed by atoms with Crippen molar-refractivity contribution in [2.24, 2.45) is 0 Å². The SMILES string of the molecule is C#CCOC(=O)/C=C/c1ccc(-c2ccc(F)cc2Br)o1. The van der Waals surface area contributed by atoms with Crippen LogP contribution >= 0.6 is 15.9 Å². The van der Waals surface area contributed by atoms with Gasteiger partial charge in [-0.05, 0) is 52.3 Å². The first-order valence-corrected chi connectivity index (χ1v) is 6.73. The number of ether oxygens (including phenoxy) is 1. The second-order valence-electron chi connectivity index (χ2n) is 3.97. The van der Waals surface area contributed by atoms with Crippen LogP contribution in [0.1, 0.15) is 5.76 Å². The molecule has 0 unspecified atom stereocenters. The molecule has 0 saturated carbocycles. The van der Waals surface area contributed by atoms with Crippen molar-refractivity contribution in [1.29, 1.82) is 0 Å². The van der Waals surface area contributed by atoms with E-state index in [-0.39, 0.29) is 12.4 Å². The summed E-state index contributed by atoms with van der Waals surface area (Å²) >= 11 is 3.27. The Morgan fingerprint density at radius 2 is 2.24 bits per heavy atom. The van der Waals surface area contributed by atoms with E-state index in [1.807, 2.05) is 0 Å². The minimum atomic E-state index is -0.547. The molecule has 0 atom stereocenters. The highest BCUT2D eigenvalue weighted by Gasteiger charge is 2.08. The van der Waals surface area contributed by atoms with Gasteiger partial charge in [0.25, 0.3) is 0 Å². The summed E-state index contributed by atoms with van der Waals surface area (Å²) in [6.07, 6.45) is 7.67. The molecule has 21 heavy (non-hydrogen) atoms. The number of benzene rings is 1. The predicted octanol–water partition coefficient (Wildman–Crippen LogP) is 4.04. The van der Waals surface area contributed by atoms with Crippen molar-refractivity contribution in [3.05, 3.63) is 52.5 Å². The molecule has 0 amide bonds. The Kier molecular flexibility index (Phi) is 4.96. The summed E-state index contributed by atoms with van der Waals surface area (Å²) < 4.78 is 23.9. The van der Waals surface area contributed by atoms with E-state index >= 15 is 0 Å². The molecule has 0 fully saturated rings. The molecule has 106 valence electrons. The van der Waals surface area contributed by atoms with E-state index in [9.17, 15) is 9.18 Å². The van der Waals surface area contributed by atoms with E-state index in [0.29, 0.717) is 21.6 Å². The third kappa shape index (κ3) is 4.07. The number of rotatable bonds is 4. The van der Waals surface area contributed by atoms with Crippen molar-refractivity contribution in [2.45, 2.75) is 0 Å². The van der Waals surface area contributed by atoms with Crippen LogP contribution in [-0.2, 0) is 9.53 Å². The summed E-state index contributed by atoms with van der Waals surface area (Å²) in [5.74, 6) is 2.34. The first-order valence-electron chi connectivity index (χ1n) is 5.93. The summed E-state index contributed by atoms with van der Waals surface area (Å²) in [6.45, 7) is -0.0743. The van der Waals surface area contributed by atoms with Gasteiger partial charge in [0.2, 0.25) is 0 Å². The number of halogens is 2. The number of terminal acetylenes is 1. The monoisotopic (exact) mass is 348 g/mol. The molecule has 5 heteroatoms. The fraction of sp³-hybridized carbons (Fsp3) is 0.0625. The predicted molar refractivity (Wildman–Crippen MR) is 80.6 cm³/mol. The van der Waals surface area contributed by atoms with Gasteiger partial charge in [-0.1, -0.05) is 5.92 Å². The first-order chi connectivity index (χ1) is 10.1. The Morgan fingerprint density at radius 1 is 1.43 bits per heavy atom. The molecule has 1 heterocycles. The normalized spacial score (nSPS) is 10.5. The lowest BCUT2D eigenvalue weighted by Crippen LogP contribution is -1.99. The van der Waals surface area contributed by atoms with Crippen molar-refractivity contribution < 1.29 is 18.3 Å².